The van der Waals surface area contributed by atoms with E-state index in [2.05, 4.69) is 5.32 Å². The zero-order valence-electron chi connectivity index (χ0n) is 12.3. The number of hydrogen-bond acceptors (Lipinski definition) is 2. The summed E-state index contributed by atoms with van der Waals surface area (Å²) in [4.78, 5) is 26.5. The predicted octanol–water partition coefficient (Wildman–Crippen LogP) is 2.23. The lowest BCUT2D eigenvalue weighted by Gasteiger charge is -2.27. The smallest absolute Gasteiger partial charge is 0.243 e. The first kappa shape index (κ1) is 13.9. The summed E-state index contributed by atoms with van der Waals surface area (Å²) in [6.45, 7) is 0.772. The van der Waals surface area contributed by atoms with Gasteiger partial charge in [-0.2, -0.15) is 0 Å². The van der Waals surface area contributed by atoms with E-state index in [0.717, 1.165) is 32.2 Å². The Morgan fingerprint density at radius 3 is 2.40 bits per heavy atom. The van der Waals surface area contributed by atoms with E-state index in [0.29, 0.717) is 18.4 Å². The Morgan fingerprint density at radius 1 is 0.950 bits per heavy atom. The maximum Gasteiger partial charge on any atom is 0.243 e. The largest absolute Gasteiger partial charge is 0.352 e. The fourth-order valence-corrected chi connectivity index (χ4v) is 3.62. The molecule has 1 N–H and O–H groups in total. The molecule has 20 heavy (non-hydrogen) atoms. The molecule has 0 aromatic rings. The van der Waals surface area contributed by atoms with Gasteiger partial charge in [0.2, 0.25) is 11.8 Å². The summed E-state index contributed by atoms with van der Waals surface area (Å²) in [6, 6.07) is 0.199. The molecule has 0 unspecified atom stereocenters. The molecule has 2 saturated carbocycles. The Morgan fingerprint density at radius 2 is 1.70 bits per heavy atom. The van der Waals surface area contributed by atoms with Crippen LogP contribution in [-0.4, -0.2) is 35.3 Å². The van der Waals surface area contributed by atoms with E-state index in [1.807, 2.05) is 4.90 Å². The maximum absolute atomic E-state index is 12.5. The van der Waals surface area contributed by atoms with E-state index in [1.54, 1.807) is 0 Å². The minimum Gasteiger partial charge on any atom is -0.352 e. The molecular formula is C16H26N2O2. The molecule has 2 amide bonds. The highest BCUT2D eigenvalue weighted by molar-refractivity contribution is 5.88. The number of nitrogens with one attached hydrogen (secondary N) is 1. The van der Waals surface area contributed by atoms with Gasteiger partial charge < -0.3 is 10.2 Å². The van der Waals surface area contributed by atoms with Crippen molar-refractivity contribution in [1.29, 1.82) is 0 Å². The van der Waals surface area contributed by atoms with E-state index in [4.69, 9.17) is 0 Å². The van der Waals surface area contributed by atoms with Crippen molar-refractivity contribution in [2.24, 2.45) is 5.92 Å². The van der Waals surface area contributed by atoms with Crippen LogP contribution in [0.15, 0.2) is 0 Å². The van der Waals surface area contributed by atoms with Gasteiger partial charge in [-0.05, 0) is 44.4 Å². The van der Waals surface area contributed by atoms with Crippen molar-refractivity contribution in [1.82, 2.24) is 10.2 Å². The number of nitrogens with zero attached hydrogens (tertiary/aromatic N) is 1. The standard InChI is InChI=1S/C16H26N2O2/c19-15(11-12-5-2-1-3-6-12)18-10-4-7-14(18)16(20)17-13-8-9-13/h12-14H,1-11H2,(H,17,20)/t14-/m0/s1. The molecule has 4 nitrogen and oxygen atoms in total. The fourth-order valence-electron chi connectivity index (χ4n) is 3.62. The first-order valence-corrected chi connectivity index (χ1v) is 8.34. The van der Waals surface area contributed by atoms with Crippen molar-refractivity contribution in [3.8, 4) is 0 Å². The van der Waals surface area contributed by atoms with Crippen LogP contribution in [0.1, 0.15) is 64.2 Å². The van der Waals surface area contributed by atoms with Crippen molar-refractivity contribution in [2.45, 2.75) is 76.3 Å². The molecule has 1 saturated heterocycles. The van der Waals surface area contributed by atoms with Gasteiger partial charge in [-0.25, -0.2) is 0 Å². The van der Waals surface area contributed by atoms with Gasteiger partial charge in [0, 0.05) is 19.0 Å². The van der Waals surface area contributed by atoms with Crippen LogP contribution in [0.25, 0.3) is 0 Å². The van der Waals surface area contributed by atoms with Gasteiger partial charge in [-0.3, -0.25) is 9.59 Å². The van der Waals surface area contributed by atoms with Crippen LogP contribution in [0.5, 0.6) is 0 Å². The highest BCUT2D eigenvalue weighted by Gasteiger charge is 2.36. The number of carbonyl (C=O) groups excluding carboxylic acids is 2. The number of amides is 2. The average molecular weight is 278 g/mol. The van der Waals surface area contributed by atoms with Crippen LogP contribution >= 0.6 is 0 Å². The van der Waals surface area contributed by atoms with Gasteiger partial charge in [0.05, 0.1) is 0 Å². The predicted molar refractivity (Wildman–Crippen MR) is 77.1 cm³/mol. The minimum absolute atomic E-state index is 0.0852. The summed E-state index contributed by atoms with van der Waals surface area (Å²) in [6.07, 6.45) is 10.9. The molecule has 2 aliphatic carbocycles. The molecule has 1 aliphatic heterocycles. The molecule has 0 bridgehead atoms. The Balaban J connectivity index is 1.53. The van der Waals surface area contributed by atoms with Crippen LogP contribution in [0.2, 0.25) is 0 Å². The van der Waals surface area contributed by atoms with Crippen LogP contribution in [0.3, 0.4) is 0 Å². The van der Waals surface area contributed by atoms with Crippen molar-refractivity contribution < 1.29 is 9.59 Å². The molecule has 3 rings (SSSR count). The summed E-state index contributed by atoms with van der Waals surface area (Å²) in [7, 11) is 0. The first-order valence-electron chi connectivity index (χ1n) is 8.34. The Labute approximate surface area is 121 Å². The van der Waals surface area contributed by atoms with Crippen molar-refractivity contribution in [3.63, 3.8) is 0 Å². The summed E-state index contributed by atoms with van der Waals surface area (Å²) in [5.74, 6) is 0.858. The van der Waals surface area contributed by atoms with Gasteiger partial charge >= 0.3 is 0 Å². The number of likely N-dealkylation sites (tertiary alicyclic amines) is 1. The monoisotopic (exact) mass is 278 g/mol. The molecule has 3 fully saturated rings. The van der Waals surface area contributed by atoms with Gasteiger partial charge in [-0.1, -0.05) is 19.3 Å². The van der Waals surface area contributed by atoms with E-state index in [1.165, 1.54) is 32.1 Å². The number of hydrogen-bond donors (Lipinski definition) is 1. The summed E-state index contributed by atoms with van der Waals surface area (Å²) >= 11 is 0. The van der Waals surface area contributed by atoms with Gasteiger partial charge in [0.1, 0.15) is 6.04 Å². The third kappa shape index (κ3) is 3.33. The van der Waals surface area contributed by atoms with Gasteiger partial charge in [0.15, 0.2) is 0 Å². The molecule has 1 atom stereocenters. The highest BCUT2D eigenvalue weighted by atomic mass is 16.2. The van der Waals surface area contributed by atoms with Crippen LogP contribution < -0.4 is 5.32 Å². The van der Waals surface area contributed by atoms with E-state index < -0.39 is 0 Å². The van der Waals surface area contributed by atoms with E-state index >= 15 is 0 Å². The quantitative estimate of drug-likeness (QED) is 0.857. The first-order chi connectivity index (χ1) is 9.74. The summed E-state index contributed by atoms with van der Waals surface area (Å²) < 4.78 is 0. The lowest BCUT2D eigenvalue weighted by molar-refractivity contribution is -0.139. The molecule has 4 heteroatoms. The third-order valence-electron chi connectivity index (χ3n) is 4.99. The lowest BCUT2D eigenvalue weighted by atomic mass is 9.86. The number of rotatable bonds is 4. The maximum atomic E-state index is 12.5. The Hall–Kier alpha value is -1.06. The second-order valence-electron chi connectivity index (χ2n) is 6.74. The molecule has 3 aliphatic rings. The normalized spacial score (nSPS) is 27.6. The topological polar surface area (TPSA) is 49.4 Å². The Bertz CT molecular complexity index is 373. The Kier molecular flexibility index (Phi) is 4.27. The van der Waals surface area contributed by atoms with Crippen LogP contribution in [0, 0.1) is 5.92 Å². The SMILES string of the molecule is O=C(NC1CC1)[C@@H]1CCCN1C(=O)CC1CCCCC1. The fraction of sp³-hybridized carbons (Fsp3) is 0.875. The molecule has 0 aromatic carbocycles. The minimum atomic E-state index is -0.188. The second kappa shape index (κ2) is 6.15. The molecule has 0 aromatic heterocycles. The van der Waals surface area contributed by atoms with E-state index in [9.17, 15) is 9.59 Å². The average Bonchev–Trinajstić information content (AvgIpc) is 3.12. The molecular weight excluding hydrogens is 252 g/mol. The summed E-state index contributed by atoms with van der Waals surface area (Å²) in [5, 5.41) is 3.05. The van der Waals surface area contributed by atoms with Gasteiger partial charge in [-0.15, -0.1) is 0 Å². The number of carbonyl (C=O) groups is 2. The van der Waals surface area contributed by atoms with Gasteiger partial charge in [0.25, 0.3) is 0 Å². The van der Waals surface area contributed by atoms with Crippen LogP contribution in [-0.2, 0) is 9.59 Å². The van der Waals surface area contributed by atoms with Crippen molar-refractivity contribution in [3.05, 3.63) is 0 Å². The third-order valence-corrected chi connectivity index (χ3v) is 4.99. The van der Waals surface area contributed by atoms with Crippen molar-refractivity contribution >= 4 is 11.8 Å². The van der Waals surface area contributed by atoms with Crippen LogP contribution in [0.4, 0.5) is 0 Å². The molecule has 112 valence electrons. The molecule has 1 heterocycles. The zero-order chi connectivity index (χ0) is 13.9. The highest BCUT2D eigenvalue weighted by Crippen LogP contribution is 2.29. The summed E-state index contributed by atoms with van der Waals surface area (Å²) in [5.41, 5.74) is 0. The van der Waals surface area contributed by atoms with Crippen molar-refractivity contribution in [2.75, 3.05) is 6.54 Å². The lowest BCUT2D eigenvalue weighted by Crippen LogP contribution is -2.46. The second-order valence-corrected chi connectivity index (χ2v) is 6.74. The molecule has 0 radical (unpaired) electrons. The zero-order valence-corrected chi connectivity index (χ0v) is 12.3. The van der Waals surface area contributed by atoms with E-state index in [-0.39, 0.29) is 17.9 Å². The molecule has 0 spiro atoms.